The Kier molecular flexibility index (Phi) is 5.34. The van der Waals surface area contributed by atoms with Crippen LogP contribution in [-0.4, -0.2) is 20.4 Å². The summed E-state index contributed by atoms with van der Waals surface area (Å²) in [6, 6.07) is 24.6. The number of aromatic nitrogens is 2. The molecule has 5 rings (SSSR count). The third-order valence-corrected chi connectivity index (χ3v) is 5.96. The number of hydrogen-bond acceptors (Lipinski definition) is 4. The Labute approximate surface area is 196 Å². The molecule has 168 valence electrons. The number of aromatic hydroxyl groups is 1. The summed E-state index contributed by atoms with van der Waals surface area (Å²) in [6.07, 6.45) is 1.60. The Morgan fingerprint density at radius 1 is 0.912 bits per heavy atom. The fourth-order valence-corrected chi connectivity index (χ4v) is 4.13. The van der Waals surface area contributed by atoms with Gasteiger partial charge < -0.3 is 5.11 Å². The van der Waals surface area contributed by atoms with E-state index in [1.54, 1.807) is 18.2 Å². The van der Waals surface area contributed by atoms with Gasteiger partial charge in [-0.05, 0) is 35.8 Å². The quantitative estimate of drug-likeness (QED) is 0.458. The van der Waals surface area contributed by atoms with Crippen molar-refractivity contribution in [2.75, 3.05) is 0 Å². The van der Waals surface area contributed by atoms with Crippen LogP contribution in [0.25, 0.3) is 17.3 Å². The molecule has 0 spiro atoms. The summed E-state index contributed by atoms with van der Waals surface area (Å²) in [6.45, 7) is 4.16. The fourth-order valence-electron chi connectivity index (χ4n) is 4.13. The summed E-state index contributed by atoms with van der Waals surface area (Å²) in [5.74, 6) is -0.0938. The van der Waals surface area contributed by atoms with E-state index < -0.39 is 17.1 Å². The number of allylic oxidation sites excluding steroid dienone is 1. The van der Waals surface area contributed by atoms with Gasteiger partial charge in [-0.1, -0.05) is 74.5 Å². The van der Waals surface area contributed by atoms with E-state index in [-0.39, 0.29) is 5.56 Å². The molecule has 1 aliphatic heterocycles. The van der Waals surface area contributed by atoms with Gasteiger partial charge in [-0.3, -0.25) is 9.78 Å². The van der Waals surface area contributed by atoms with E-state index in [4.69, 9.17) is 4.99 Å². The molecule has 0 unspecified atom stereocenters. The van der Waals surface area contributed by atoms with Crippen molar-refractivity contribution in [2.45, 2.75) is 19.8 Å². The number of nitrogens with one attached hydrogen (secondary N) is 1. The minimum absolute atomic E-state index is 0.0112. The maximum absolute atomic E-state index is 12.8. The Morgan fingerprint density at radius 3 is 2.29 bits per heavy atom. The fraction of sp³-hybridized carbons (Fsp3) is 0.107. The largest absolute Gasteiger partial charge is 0.494 e. The number of benzene rings is 3. The predicted octanol–water partition coefficient (Wildman–Crippen LogP) is 5.03. The lowest BCUT2D eigenvalue weighted by atomic mass is 9.96. The molecular formula is C28H23N3O3. The Balaban J connectivity index is 1.70. The van der Waals surface area contributed by atoms with E-state index in [2.05, 4.69) is 18.8 Å². The SMILES string of the molecule is CC(C)c1ccc(-n2c(O)c(C=C3C(c4ccccc4)=Nc4ccccc43)c(=O)[nH]c2=O)cc1. The van der Waals surface area contributed by atoms with Gasteiger partial charge in [0.05, 0.1) is 17.1 Å². The van der Waals surface area contributed by atoms with Gasteiger partial charge in [-0.2, -0.15) is 0 Å². The van der Waals surface area contributed by atoms with Crippen LogP contribution in [0.1, 0.15) is 42.0 Å². The minimum atomic E-state index is -0.703. The van der Waals surface area contributed by atoms with E-state index in [1.165, 1.54) is 0 Å². The highest BCUT2D eigenvalue weighted by molar-refractivity contribution is 6.39. The van der Waals surface area contributed by atoms with Gasteiger partial charge in [-0.25, -0.2) is 14.4 Å². The number of hydrogen-bond donors (Lipinski definition) is 2. The van der Waals surface area contributed by atoms with Gasteiger partial charge in [0.2, 0.25) is 5.88 Å². The normalized spacial score (nSPS) is 13.9. The average molecular weight is 450 g/mol. The Hall–Kier alpha value is -4.45. The monoisotopic (exact) mass is 449 g/mol. The second kappa shape index (κ2) is 8.48. The topological polar surface area (TPSA) is 87.4 Å². The summed E-state index contributed by atoms with van der Waals surface area (Å²) in [5.41, 5.74) is 4.10. The zero-order chi connectivity index (χ0) is 23.8. The third kappa shape index (κ3) is 3.69. The van der Waals surface area contributed by atoms with E-state index in [9.17, 15) is 14.7 Å². The molecule has 0 radical (unpaired) electrons. The lowest BCUT2D eigenvalue weighted by Gasteiger charge is -2.12. The van der Waals surface area contributed by atoms with Crippen LogP contribution in [0.15, 0.2) is 93.4 Å². The molecule has 0 saturated heterocycles. The van der Waals surface area contributed by atoms with Gasteiger partial charge in [-0.15, -0.1) is 0 Å². The molecule has 0 aliphatic carbocycles. The maximum Gasteiger partial charge on any atom is 0.335 e. The molecule has 0 fully saturated rings. The number of para-hydroxylation sites is 1. The predicted molar refractivity (Wildman–Crippen MR) is 135 cm³/mol. The highest BCUT2D eigenvalue weighted by Gasteiger charge is 2.24. The molecule has 6 heteroatoms. The first-order valence-corrected chi connectivity index (χ1v) is 11.1. The zero-order valence-corrected chi connectivity index (χ0v) is 18.8. The molecule has 0 bridgehead atoms. The first kappa shape index (κ1) is 21.4. The Morgan fingerprint density at radius 2 is 1.59 bits per heavy atom. The molecule has 1 aliphatic rings. The van der Waals surface area contributed by atoms with E-state index >= 15 is 0 Å². The van der Waals surface area contributed by atoms with Crippen LogP contribution < -0.4 is 11.2 Å². The zero-order valence-electron chi connectivity index (χ0n) is 18.8. The van der Waals surface area contributed by atoms with Crippen molar-refractivity contribution in [2.24, 2.45) is 4.99 Å². The molecule has 2 heterocycles. The van der Waals surface area contributed by atoms with Crippen molar-refractivity contribution >= 4 is 23.0 Å². The van der Waals surface area contributed by atoms with Gasteiger partial charge in [0, 0.05) is 16.7 Å². The van der Waals surface area contributed by atoms with Crippen LogP contribution in [-0.2, 0) is 0 Å². The molecule has 4 aromatic rings. The van der Waals surface area contributed by atoms with Gasteiger partial charge in [0.15, 0.2) is 0 Å². The van der Waals surface area contributed by atoms with E-state index in [0.29, 0.717) is 22.9 Å². The van der Waals surface area contributed by atoms with E-state index in [1.807, 2.05) is 66.7 Å². The molecular weight excluding hydrogens is 426 g/mol. The minimum Gasteiger partial charge on any atom is -0.494 e. The maximum atomic E-state index is 12.8. The molecule has 0 atom stereocenters. The highest BCUT2D eigenvalue weighted by Crippen LogP contribution is 2.38. The molecule has 1 aromatic heterocycles. The number of nitrogens with zero attached hydrogens (tertiary/aromatic N) is 2. The molecule has 34 heavy (non-hydrogen) atoms. The van der Waals surface area contributed by atoms with Crippen molar-refractivity contribution in [3.05, 3.63) is 122 Å². The third-order valence-electron chi connectivity index (χ3n) is 5.96. The lowest BCUT2D eigenvalue weighted by molar-refractivity contribution is 0.429. The highest BCUT2D eigenvalue weighted by atomic mass is 16.3. The van der Waals surface area contributed by atoms with Crippen LogP contribution in [0.5, 0.6) is 5.88 Å². The van der Waals surface area contributed by atoms with Crippen LogP contribution in [0.2, 0.25) is 0 Å². The number of H-pyrrole nitrogens is 1. The summed E-state index contributed by atoms with van der Waals surface area (Å²) >= 11 is 0. The van der Waals surface area contributed by atoms with Gasteiger partial charge in [0.1, 0.15) is 5.56 Å². The van der Waals surface area contributed by atoms with Crippen molar-refractivity contribution in [3.63, 3.8) is 0 Å². The van der Waals surface area contributed by atoms with Gasteiger partial charge >= 0.3 is 5.69 Å². The van der Waals surface area contributed by atoms with Crippen LogP contribution in [0.4, 0.5) is 5.69 Å². The second-order valence-corrected chi connectivity index (χ2v) is 8.48. The van der Waals surface area contributed by atoms with Crippen molar-refractivity contribution in [1.82, 2.24) is 9.55 Å². The molecule has 0 amide bonds. The first-order valence-electron chi connectivity index (χ1n) is 11.1. The first-order chi connectivity index (χ1) is 16.4. The van der Waals surface area contributed by atoms with Gasteiger partial charge in [0.25, 0.3) is 5.56 Å². The Bertz CT molecular complexity index is 1560. The number of aromatic amines is 1. The summed E-state index contributed by atoms with van der Waals surface area (Å²) in [7, 11) is 0. The van der Waals surface area contributed by atoms with Crippen molar-refractivity contribution in [3.8, 4) is 11.6 Å². The van der Waals surface area contributed by atoms with E-state index in [0.717, 1.165) is 26.9 Å². The lowest BCUT2D eigenvalue weighted by Crippen LogP contribution is -2.30. The van der Waals surface area contributed by atoms with Crippen LogP contribution >= 0.6 is 0 Å². The number of aliphatic imine (C=N–C) groups is 1. The molecule has 3 aromatic carbocycles. The summed E-state index contributed by atoms with van der Waals surface area (Å²) < 4.78 is 1.11. The smallest absolute Gasteiger partial charge is 0.335 e. The number of fused-ring (bicyclic) bond motifs is 1. The standard InChI is InChI=1S/C28H23N3O3/c1-17(2)18-12-14-20(15-13-18)31-27(33)23(26(32)30-28(31)34)16-22-21-10-6-7-11-24(21)29-25(22)19-8-4-3-5-9-19/h3-17,33H,1-2H3,(H,30,32,34). The molecule has 2 N–H and O–H groups in total. The van der Waals surface area contributed by atoms with Crippen LogP contribution in [0, 0.1) is 0 Å². The second-order valence-electron chi connectivity index (χ2n) is 8.48. The van der Waals surface area contributed by atoms with Crippen molar-refractivity contribution in [1.29, 1.82) is 0 Å². The summed E-state index contributed by atoms with van der Waals surface area (Å²) in [4.78, 5) is 32.6. The summed E-state index contributed by atoms with van der Waals surface area (Å²) in [5, 5.41) is 11.1. The van der Waals surface area contributed by atoms with Crippen molar-refractivity contribution < 1.29 is 5.11 Å². The average Bonchev–Trinajstić information content (AvgIpc) is 3.21. The molecule has 6 nitrogen and oxygen atoms in total. The number of rotatable bonds is 4. The van der Waals surface area contributed by atoms with Crippen LogP contribution in [0.3, 0.4) is 0 Å². The molecule has 0 saturated carbocycles.